The quantitative estimate of drug-likeness (QED) is 0.332. The Hall–Kier alpha value is -2.17. The van der Waals surface area contributed by atoms with E-state index in [0.29, 0.717) is 36.7 Å². The summed E-state index contributed by atoms with van der Waals surface area (Å²) in [6.07, 6.45) is 11.1. The van der Waals surface area contributed by atoms with E-state index in [2.05, 4.69) is 23.9 Å². The van der Waals surface area contributed by atoms with Gasteiger partial charge in [-0.3, -0.25) is 0 Å². The van der Waals surface area contributed by atoms with Crippen molar-refractivity contribution in [3.8, 4) is 11.5 Å². The lowest BCUT2D eigenvalue weighted by Gasteiger charge is -2.32. The molecule has 2 N–H and O–H groups in total. The van der Waals surface area contributed by atoms with Crippen molar-refractivity contribution in [2.75, 3.05) is 40.4 Å². The zero-order valence-electron chi connectivity index (χ0n) is 24.7. The Balaban J connectivity index is 1.23. The number of benzene rings is 2. The first-order chi connectivity index (χ1) is 19.7. The largest absolute Gasteiger partial charge is 0.491 e. The second kappa shape index (κ2) is 15.3. The number of likely N-dealkylation sites (N-methyl/N-ethyl adjacent to an activating group) is 2. The Morgan fingerprint density at radius 1 is 0.659 bits per heavy atom. The number of aliphatic hydroxyl groups excluding tert-OH is 2. The highest BCUT2D eigenvalue weighted by Gasteiger charge is 2.22. The van der Waals surface area contributed by atoms with Gasteiger partial charge in [-0.15, -0.1) is 0 Å². The Morgan fingerprint density at radius 2 is 1.00 bits per heavy atom. The molecule has 2 aliphatic carbocycles. The van der Waals surface area contributed by atoms with E-state index in [1.54, 1.807) is 24.3 Å². The van der Waals surface area contributed by atoms with Gasteiger partial charge in [0.25, 0.3) is 0 Å². The second-order valence-electron chi connectivity index (χ2n) is 11.8. The third-order valence-corrected chi connectivity index (χ3v) is 10.3. The predicted octanol–water partition coefficient (Wildman–Crippen LogP) is 4.53. The van der Waals surface area contributed by atoms with E-state index in [-0.39, 0.29) is 23.0 Å². The number of ether oxygens (including phenoxy) is 2. The smallest absolute Gasteiger partial charge is 0.206 e. The number of sulfone groups is 1. The molecule has 0 saturated heterocycles. The van der Waals surface area contributed by atoms with Gasteiger partial charge in [0.1, 0.15) is 36.9 Å². The Labute approximate surface area is 246 Å². The van der Waals surface area contributed by atoms with Crippen LogP contribution in [0.2, 0.25) is 0 Å². The van der Waals surface area contributed by atoms with Gasteiger partial charge >= 0.3 is 0 Å². The van der Waals surface area contributed by atoms with Crippen LogP contribution >= 0.6 is 0 Å². The molecule has 2 atom stereocenters. The minimum absolute atomic E-state index is 0.149. The molecule has 0 heterocycles. The highest BCUT2D eigenvalue weighted by Crippen LogP contribution is 2.26. The van der Waals surface area contributed by atoms with Crippen molar-refractivity contribution in [3.63, 3.8) is 0 Å². The zero-order valence-corrected chi connectivity index (χ0v) is 25.5. The molecule has 2 aromatic rings. The Bertz CT molecular complexity index is 1060. The summed E-state index contributed by atoms with van der Waals surface area (Å²) in [6, 6.07) is 13.6. The molecular formula is C32H48N2O6S. The lowest BCUT2D eigenvalue weighted by molar-refractivity contribution is 0.0561. The van der Waals surface area contributed by atoms with Gasteiger partial charge in [0.2, 0.25) is 9.84 Å². The van der Waals surface area contributed by atoms with E-state index < -0.39 is 22.0 Å². The Morgan fingerprint density at radius 3 is 1.34 bits per heavy atom. The van der Waals surface area contributed by atoms with Crippen molar-refractivity contribution in [3.05, 3.63) is 48.5 Å². The Kier molecular flexibility index (Phi) is 11.9. The van der Waals surface area contributed by atoms with Gasteiger partial charge < -0.3 is 29.5 Å². The van der Waals surface area contributed by atoms with E-state index in [4.69, 9.17) is 9.47 Å². The van der Waals surface area contributed by atoms with Crippen molar-refractivity contribution < 1.29 is 28.1 Å². The first kappa shape index (κ1) is 31.8. The SMILES string of the molecule is CN(C[C@H](O)COc1ccc(S(=O)(=O)c2ccc(OC[C@H](O)CN(C)C3CCCCC3)cc2)cc1)C1CCCCC1. The number of hydrogen-bond acceptors (Lipinski definition) is 8. The average molecular weight is 589 g/mol. The molecule has 2 fully saturated rings. The topological polar surface area (TPSA) is 99.5 Å². The van der Waals surface area contributed by atoms with Crippen LogP contribution in [0.25, 0.3) is 0 Å². The highest BCUT2D eigenvalue weighted by molar-refractivity contribution is 7.91. The lowest BCUT2D eigenvalue weighted by atomic mass is 9.94. The summed E-state index contributed by atoms with van der Waals surface area (Å²) >= 11 is 0. The van der Waals surface area contributed by atoms with Crippen molar-refractivity contribution >= 4 is 9.84 Å². The molecule has 4 rings (SSSR count). The minimum Gasteiger partial charge on any atom is -0.491 e. The summed E-state index contributed by atoms with van der Waals surface area (Å²) < 4.78 is 37.8. The number of hydrogen-bond donors (Lipinski definition) is 2. The average Bonchev–Trinajstić information content (AvgIpc) is 3.00. The summed E-state index contributed by atoms with van der Waals surface area (Å²) in [5, 5.41) is 20.9. The van der Waals surface area contributed by atoms with Crippen LogP contribution in [0, 0.1) is 0 Å². The van der Waals surface area contributed by atoms with E-state index in [0.717, 1.165) is 0 Å². The molecule has 41 heavy (non-hydrogen) atoms. The van der Waals surface area contributed by atoms with Gasteiger partial charge in [0.15, 0.2) is 0 Å². The normalized spacial score (nSPS) is 18.9. The van der Waals surface area contributed by atoms with Gasteiger partial charge in [-0.25, -0.2) is 8.42 Å². The van der Waals surface area contributed by atoms with Gasteiger partial charge in [0.05, 0.1) is 9.79 Å². The maximum Gasteiger partial charge on any atom is 0.206 e. The van der Waals surface area contributed by atoms with Gasteiger partial charge in [-0.2, -0.15) is 0 Å². The van der Waals surface area contributed by atoms with Crippen LogP contribution in [0.5, 0.6) is 11.5 Å². The minimum atomic E-state index is -3.72. The first-order valence-electron chi connectivity index (χ1n) is 15.2. The van der Waals surface area contributed by atoms with Crippen LogP contribution in [0.4, 0.5) is 0 Å². The summed E-state index contributed by atoms with van der Waals surface area (Å²) in [7, 11) is 0.393. The number of aliphatic hydroxyl groups is 2. The van der Waals surface area contributed by atoms with E-state index in [1.165, 1.54) is 88.5 Å². The van der Waals surface area contributed by atoms with Gasteiger partial charge in [-0.05, 0) is 88.3 Å². The number of nitrogens with zero attached hydrogens (tertiary/aromatic N) is 2. The molecule has 228 valence electrons. The summed E-state index contributed by atoms with van der Waals surface area (Å²) in [5.74, 6) is 1.03. The van der Waals surface area contributed by atoms with Crippen LogP contribution in [-0.2, 0) is 9.84 Å². The molecular weight excluding hydrogens is 540 g/mol. The molecule has 0 aliphatic heterocycles. The standard InChI is InChI=1S/C32H48N2O6S/c1-33(25-9-5-3-6-10-25)21-27(35)23-39-29-13-17-31(18-14-29)41(37,38)32-19-15-30(16-20-32)40-24-28(36)22-34(2)26-11-7-4-8-12-26/h13-20,25-28,35-36H,3-12,21-24H2,1-2H3/t27-,28+. The zero-order chi connectivity index (χ0) is 29.2. The summed E-state index contributed by atoms with van der Waals surface area (Å²) in [4.78, 5) is 4.77. The highest BCUT2D eigenvalue weighted by atomic mass is 32.2. The van der Waals surface area contributed by atoms with Crippen molar-refractivity contribution in [2.45, 2.75) is 98.3 Å². The van der Waals surface area contributed by atoms with E-state index in [1.807, 2.05) is 0 Å². The molecule has 0 amide bonds. The van der Waals surface area contributed by atoms with Crippen LogP contribution in [0.15, 0.2) is 58.3 Å². The van der Waals surface area contributed by atoms with Crippen LogP contribution in [-0.4, -0.2) is 93.1 Å². The third-order valence-electron chi connectivity index (χ3n) is 8.55. The van der Waals surface area contributed by atoms with Crippen LogP contribution in [0.1, 0.15) is 64.2 Å². The fourth-order valence-electron chi connectivity index (χ4n) is 6.06. The molecule has 0 aromatic heterocycles. The summed E-state index contributed by atoms with van der Waals surface area (Å²) in [6.45, 7) is 1.40. The molecule has 2 aliphatic rings. The van der Waals surface area contributed by atoms with Crippen molar-refractivity contribution in [2.24, 2.45) is 0 Å². The fourth-order valence-corrected chi connectivity index (χ4v) is 7.32. The molecule has 0 spiro atoms. The fraction of sp³-hybridized carbons (Fsp3) is 0.625. The second-order valence-corrected chi connectivity index (χ2v) is 13.8. The van der Waals surface area contributed by atoms with Crippen LogP contribution < -0.4 is 9.47 Å². The maximum atomic E-state index is 13.2. The van der Waals surface area contributed by atoms with Crippen molar-refractivity contribution in [1.29, 1.82) is 0 Å². The first-order valence-corrected chi connectivity index (χ1v) is 16.7. The molecule has 0 bridgehead atoms. The van der Waals surface area contributed by atoms with E-state index in [9.17, 15) is 18.6 Å². The lowest BCUT2D eigenvalue weighted by Crippen LogP contribution is -2.40. The van der Waals surface area contributed by atoms with E-state index >= 15 is 0 Å². The summed E-state index contributed by atoms with van der Waals surface area (Å²) in [5.41, 5.74) is 0. The molecule has 9 heteroatoms. The monoisotopic (exact) mass is 588 g/mol. The van der Waals surface area contributed by atoms with Crippen LogP contribution in [0.3, 0.4) is 0 Å². The number of rotatable bonds is 14. The molecule has 2 saturated carbocycles. The molecule has 2 aromatic carbocycles. The third kappa shape index (κ3) is 9.41. The molecule has 0 radical (unpaired) electrons. The maximum absolute atomic E-state index is 13.2. The molecule has 8 nitrogen and oxygen atoms in total. The molecule has 0 unspecified atom stereocenters. The van der Waals surface area contributed by atoms with Gasteiger partial charge in [0, 0.05) is 25.2 Å². The predicted molar refractivity (Wildman–Crippen MR) is 160 cm³/mol. The van der Waals surface area contributed by atoms with Crippen molar-refractivity contribution in [1.82, 2.24) is 9.80 Å². The van der Waals surface area contributed by atoms with Gasteiger partial charge in [-0.1, -0.05) is 38.5 Å².